The quantitative estimate of drug-likeness (QED) is 0.735. The van der Waals surface area contributed by atoms with Crippen LogP contribution in [0.4, 0.5) is 11.4 Å². The van der Waals surface area contributed by atoms with Crippen LogP contribution in [0.15, 0.2) is 23.1 Å². The van der Waals surface area contributed by atoms with Crippen molar-refractivity contribution in [2.75, 3.05) is 10.5 Å². The van der Waals surface area contributed by atoms with E-state index in [1.54, 1.807) is 13.8 Å². The molecule has 0 bridgehead atoms. The number of nitriles is 1. The van der Waals surface area contributed by atoms with Crippen LogP contribution in [0.3, 0.4) is 0 Å². The highest BCUT2D eigenvalue weighted by Gasteiger charge is 2.23. The minimum atomic E-state index is -3.81. The Hall–Kier alpha value is -2.53. The number of nitrogen functional groups attached to an aromatic ring is 1. The van der Waals surface area contributed by atoms with Crippen molar-refractivity contribution in [3.05, 3.63) is 35.2 Å². The Bertz CT molecular complexity index is 782. The van der Waals surface area contributed by atoms with Crippen LogP contribution in [-0.4, -0.2) is 18.6 Å². The number of aryl methyl sites for hydroxylation is 2. The van der Waals surface area contributed by atoms with Gasteiger partial charge in [0.1, 0.15) is 11.0 Å². The van der Waals surface area contributed by atoms with E-state index in [0.29, 0.717) is 17.1 Å². The molecule has 4 N–H and O–H groups in total. The molecule has 1 aromatic heterocycles. The number of aromatic nitrogens is 2. The monoisotopic (exact) mass is 291 g/mol. The number of hydrogen-bond acceptors (Lipinski definition) is 5. The molecule has 20 heavy (non-hydrogen) atoms. The molecule has 0 amide bonds. The maximum atomic E-state index is 12.3. The van der Waals surface area contributed by atoms with Crippen LogP contribution >= 0.6 is 0 Å². The minimum absolute atomic E-state index is 0.0817. The second kappa shape index (κ2) is 4.86. The molecule has 0 radical (unpaired) electrons. The summed E-state index contributed by atoms with van der Waals surface area (Å²) in [4.78, 5) is 0.0817. The molecule has 0 spiro atoms. The highest BCUT2D eigenvalue weighted by molar-refractivity contribution is 7.92. The molecular formula is C12H13N5O2S. The van der Waals surface area contributed by atoms with Crippen LogP contribution in [0.5, 0.6) is 0 Å². The number of rotatable bonds is 3. The normalized spacial score (nSPS) is 11.1. The Labute approximate surface area is 116 Å². The third kappa shape index (κ3) is 2.44. The number of anilines is 2. The number of sulfonamides is 1. The summed E-state index contributed by atoms with van der Waals surface area (Å²) in [6, 6.07) is 6.29. The molecule has 0 aliphatic carbocycles. The van der Waals surface area contributed by atoms with Gasteiger partial charge in [-0.2, -0.15) is 10.4 Å². The fraction of sp³-hybridized carbons (Fsp3) is 0.167. The predicted molar refractivity (Wildman–Crippen MR) is 74.4 cm³/mol. The first-order chi connectivity index (χ1) is 9.35. The summed E-state index contributed by atoms with van der Waals surface area (Å²) >= 11 is 0. The van der Waals surface area contributed by atoms with Gasteiger partial charge in [0, 0.05) is 5.69 Å². The first kappa shape index (κ1) is 13.9. The molecule has 8 heteroatoms. The van der Waals surface area contributed by atoms with Gasteiger partial charge in [0.15, 0.2) is 0 Å². The second-order valence-electron chi connectivity index (χ2n) is 4.29. The number of H-pyrrole nitrogens is 1. The van der Waals surface area contributed by atoms with Gasteiger partial charge in [-0.1, -0.05) is 0 Å². The molecule has 1 aromatic carbocycles. The Morgan fingerprint density at radius 1 is 1.40 bits per heavy atom. The zero-order chi connectivity index (χ0) is 14.9. The Morgan fingerprint density at radius 3 is 2.65 bits per heavy atom. The number of benzene rings is 1. The summed E-state index contributed by atoms with van der Waals surface area (Å²) in [5.74, 6) is 0. The van der Waals surface area contributed by atoms with Crippen LogP contribution in [-0.2, 0) is 10.0 Å². The van der Waals surface area contributed by atoms with Gasteiger partial charge in [0.25, 0.3) is 10.0 Å². The van der Waals surface area contributed by atoms with Crippen LogP contribution in [0.25, 0.3) is 0 Å². The van der Waals surface area contributed by atoms with Gasteiger partial charge in [-0.05, 0) is 32.0 Å². The van der Waals surface area contributed by atoms with Gasteiger partial charge in [-0.25, -0.2) is 8.42 Å². The summed E-state index contributed by atoms with van der Waals surface area (Å²) in [6.45, 7) is 3.20. The fourth-order valence-corrected chi connectivity index (χ4v) is 3.33. The average molecular weight is 291 g/mol. The Kier molecular flexibility index (Phi) is 3.38. The van der Waals surface area contributed by atoms with E-state index < -0.39 is 10.0 Å². The van der Waals surface area contributed by atoms with Crippen molar-refractivity contribution >= 4 is 21.4 Å². The lowest BCUT2D eigenvalue weighted by atomic mass is 10.2. The van der Waals surface area contributed by atoms with E-state index in [-0.39, 0.29) is 16.1 Å². The molecule has 0 saturated heterocycles. The molecule has 2 aromatic rings. The smallest absolute Gasteiger partial charge is 0.265 e. The van der Waals surface area contributed by atoms with Crippen LogP contribution < -0.4 is 10.5 Å². The molecule has 0 aliphatic heterocycles. The maximum Gasteiger partial charge on any atom is 0.265 e. The number of nitrogens with two attached hydrogens (primary N) is 1. The van der Waals surface area contributed by atoms with Gasteiger partial charge in [-0.3, -0.25) is 9.82 Å². The van der Waals surface area contributed by atoms with Gasteiger partial charge in [-0.15, -0.1) is 0 Å². The van der Waals surface area contributed by atoms with E-state index in [1.807, 2.05) is 6.07 Å². The summed E-state index contributed by atoms with van der Waals surface area (Å²) in [5, 5.41) is 15.5. The number of aromatic amines is 1. The first-order valence-corrected chi connectivity index (χ1v) is 7.17. The Balaban J connectivity index is 2.47. The lowest BCUT2D eigenvalue weighted by Crippen LogP contribution is -2.15. The van der Waals surface area contributed by atoms with E-state index in [0.717, 1.165) is 0 Å². The molecule has 0 unspecified atom stereocenters. The predicted octanol–water partition coefficient (Wildman–Crippen LogP) is 1.28. The highest BCUT2D eigenvalue weighted by atomic mass is 32.2. The number of nitrogens with one attached hydrogen (secondary N) is 2. The fourth-order valence-electron chi connectivity index (χ4n) is 1.88. The average Bonchev–Trinajstić information content (AvgIpc) is 2.71. The zero-order valence-corrected chi connectivity index (χ0v) is 11.7. The molecule has 1 heterocycles. The van der Waals surface area contributed by atoms with Crippen LogP contribution in [0.1, 0.15) is 17.0 Å². The van der Waals surface area contributed by atoms with Crippen LogP contribution in [0, 0.1) is 25.2 Å². The lowest BCUT2D eigenvalue weighted by Gasteiger charge is -2.10. The molecular weight excluding hydrogens is 278 g/mol. The van der Waals surface area contributed by atoms with Crippen LogP contribution in [0.2, 0.25) is 0 Å². The molecule has 0 fully saturated rings. The third-order valence-electron chi connectivity index (χ3n) is 2.74. The van der Waals surface area contributed by atoms with Gasteiger partial charge in [0.2, 0.25) is 0 Å². The van der Waals surface area contributed by atoms with E-state index in [4.69, 9.17) is 11.0 Å². The molecule has 0 aliphatic rings. The summed E-state index contributed by atoms with van der Waals surface area (Å²) < 4.78 is 27.1. The molecule has 2 rings (SSSR count). The van der Waals surface area contributed by atoms with Crippen molar-refractivity contribution in [1.29, 1.82) is 5.26 Å². The first-order valence-electron chi connectivity index (χ1n) is 5.69. The highest BCUT2D eigenvalue weighted by Crippen LogP contribution is 2.24. The van der Waals surface area contributed by atoms with E-state index in [1.165, 1.54) is 18.2 Å². The Morgan fingerprint density at radius 2 is 2.10 bits per heavy atom. The third-order valence-corrected chi connectivity index (χ3v) is 4.37. The summed E-state index contributed by atoms with van der Waals surface area (Å²) in [6.07, 6.45) is 0. The van der Waals surface area contributed by atoms with E-state index in [9.17, 15) is 8.42 Å². The largest absolute Gasteiger partial charge is 0.399 e. The van der Waals surface area contributed by atoms with E-state index >= 15 is 0 Å². The van der Waals surface area contributed by atoms with Crippen molar-refractivity contribution < 1.29 is 8.42 Å². The maximum absolute atomic E-state index is 12.3. The van der Waals surface area contributed by atoms with Gasteiger partial charge < -0.3 is 5.73 Å². The lowest BCUT2D eigenvalue weighted by molar-refractivity contribution is 0.600. The second-order valence-corrected chi connectivity index (χ2v) is 5.90. The van der Waals surface area contributed by atoms with Crippen molar-refractivity contribution in [1.82, 2.24) is 10.2 Å². The van der Waals surface area contributed by atoms with Crippen molar-refractivity contribution in [3.8, 4) is 6.07 Å². The minimum Gasteiger partial charge on any atom is -0.399 e. The van der Waals surface area contributed by atoms with Crippen molar-refractivity contribution in [2.45, 2.75) is 18.7 Å². The summed E-state index contributed by atoms with van der Waals surface area (Å²) in [5.41, 5.74) is 7.10. The zero-order valence-electron chi connectivity index (χ0n) is 10.9. The molecule has 0 saturated carbocycles. The standard InChI is InChI=1S/C12H13N5O2S/c1-7-12(8(2)16-15-7)20(18,19)17-11-4-3-10(14)5-9(11)6-13/h3-5,17H,14H2,1-2H3,(H,15,16). The molecule has 7 nitrogen and oxygen atoms in total. The topological polar surface area (TPSA) is 125 Å². The molecule has 104 valence electrons. The SMILES string of the molecule is Cc1n[nH]c(C)c1S(=O)(=O)Nc1ccc(N)cc1C#N. The number of hydrogen-bond donors (Lipinski definition) is 3. The van der Waals surface area contributed by atoms with E-state index in [2.05, 4.69) is 14.9 Å². The van der Waals surface area contributed by atoms with Crippen molar-refractivity contribution in [2.24, 2.45) is 0 Å². The summed E-state index contributed by atoms with van der Waals surface area (Å²) in [7, 11) is -3.81. The number of nitrogens with zero attached hydrogens (tertiary/aromatic N) is 2. The van der Waals surface area contributed by atoms with Gasteiger partial charge in [0.05, 0.1) is 22.6 Å². The van der Waals surface area contributed by atoms with Crippen molar-refractivity contribution in [3.63, 3.8) is 0 Å². The molecule has 0 atom stereocenters. The van der Waals surface area contributed by atoms with Gasteiger partial charge >= 0.3 is 0 Å².